The number of carbonyl (C=O) groups is 1. The second-order valence-corrected chi connectivity index (χ2v) is 9.70. The van der Waals surface area contributed by atoms with E-state index in [1.807, 2.05) is 25.1 Å². The average Bonchev–Trinajstić information content (AvgIpc) is 3.40. The van der Waals surface area contributed by atoms with Crippen molar-refractivity contribution in [2.45, 2.75) is 23.9 Å². The smallest absolute Gasteiger partial charge is 0.287 e. The Hall–Kier alpha value is -3.63. The van der Waals surface area contributed by atoms with Gasteiger partial charge < -0.3 is 14.6 Å². The fourth-order valence-electron chi connectivity index (χ4n) is 3.40. The summed E-state index contributed by atoms with van der Waals surface area (Å²) in [6, 6.07) is 15.9. The van der Waals surface area contributed by atoms with Gasteiger partial charge >= 0.3 is 0 Å². The Kier molecular flexibility index (Phi) is 6.08. The standard InChI is InChI=1S/C24H20N4O4S2/c1-3-31-18-7-4-15(5-8-18)23(30)26-16-6-9-19-20(11-16)34-24(27-19)33-13-17-12-22(29)28-21(25-17)10-14(2)32-28/h4-12H,3,13H2,1-2H3,(H,26,30). The Morgan fingerprint density at radius 1 is 1.15 bits per heavy atom. The van der Waals surface area contributed by atoms with Crippen molar-refractivity contribution in [2.75, 3.05) is 11.9 Å². The number of amides is 1. The first-order valence-corrected chi connectivity index (χ1v) is 12.4. The maximum atomic E-state index is 12.6. The molecule has 0 fully saturated rings. The molecule has 0 aliphatic rings. The lowest BCUT2D eigenvalue weighted by Crippen LogP contribution is -2.12. The Balaban J connectivity index is 1.28. The molecule has 0 aliphatic heterocycles. The zero-order chi connectivity index (χ0) is 23.7. The van der Waals surface area contributed by atoms with Gasteiger partial charge in [0.15, 0.2) is 9.99 Å². The lowest BCUT2D eigenvalue weighted by Gasteiger charge is -2.07. The van der Waals surface area contributed by atoms with E-state index in [-0.39, 0.29) is 11.5 Å². The van der Waals surface area contributed by atoms with Crippen LogP contribution in [0.3, 0.4) is 0 Å². The summed E-state index contributed by atoms with van der Waals surface area (Å²) in [6.07, 6.45) is 0. The molecule has 0 spiro atoms. The largest absolute Gasteiger partial charge is 0.494 e. The summed E-state index contributed by atoms with van der Waals surface area (Å²) >= 11 is 3.04. The lowest BCUT2D eigenvalue weighted by molar-refractivity contribution is 0.102. The molecule has 1 N–H and O–H groups in total. The highest BCUT2D eigenvalue weighted by atomic mass is 32.2. The number of ether oxygens (including phenoxy) is 1. The summed E-state index contributed by atoms with van der Waals surface area (Å²) in [6.45, 7) is 4.27. The van der Waals surface area contributed by atoms with Crippen LogP contribution in [-0.2, 0) is 5.75 Å². The molecule has 8 nitrogen and oxygen atoms in total. The third-order valence-corrected chi connectivity index (χ3v) is 7.12. The second kappa shape index (κ2) is 9.32. The molecule has 0 saturated heterocycles. The number of rotatable bonds is 7. The molecule has 10 heteroatoms. The molecule has 3 aromatic heterocycles. The molecule has 0 radical (unpaired) electrons. The SMILES string of the molecule is CCOc1ccc(C(=O)Nc2ccc3nc(SCc4cc(=O)n5oc(C)cc5n4)sc3c2)cc1. The van der Waals surface area contributed by atoms with Gasteiger partial charge in [-0.3, -0.25) is 9.59 Å². The van der Waals surface area contributed by atoms with E-state index >= 15 is 0 Å². The number of fused-ring (bicyclic) bond motifs is 2. The molecule has 5 aromatic rings. The van der Waals surface area contributed by atoms with Crippen molar-refractivity contribution >= 4 is 50.6 Å². The molecule has 0 bridgehead atoms. The van der Waals surface area contributed by atoms with E-state index in [1.165, 1.54) is 33.7 Å². The third-order valence-electron chi connectivity index (χ3n) is 4.92. The molecule has 3 heterocycles. The number of thiazole rings is 1. The minimum atomic E-state index is -0.245. The normalized spacial score (nSPS) is 11.2. The van der Waals surface area contributed by atoms with Crippen LogP contribution in [0.1, 0.15) is 28.7 Å². The summed E-state index contributed by atoms with van der Waals surface area (Å²) < 4.78 is 13.7. The van der Waals surface area contributed by atoms with Crippen molar-refractivity contribution < 1.29 is 14.1 Å². The maximum absolute atomic E-state index is 12.6. The molecular formula is C24H20N4O4S2. The summed E-state index contributed by atoms with van der Waals surface area (Å²) in [5.41, 5.74) is 3.02. The Morgan fingerprint density at radius 3 is 2.76 bits per heavy atom. The van der Waals surface area contributed by atoms with Gasteiger partial charge in [-0.1, -0.05) is 11.8 Å². The Bertz CT molecular complexity index is 1550. The van der Waals surface area contributed by atoms with Gasteiger partial charge in [0.2, 0.25) is 0 Å². The van der Waals surface area contributed by atoms with E-state index in [9.17, 15) is 9.59 Å². The van der Waals surface area contributed by atoms with Crippen LogP contribution in [0.4, 0.5) is 5.69 Å². The van der Waals surface area contributed by atoms with E-state index in [2.05, 4.69) is 15.3 Å². The summed E-state index contributed by atoms with van der Waals surface area (Å²) in [5, 5.41) is 2.93. The number of carbonyl (C=O) groups excluding carboxylic acids is 1. The van der Waals surface area contributed by atoms with Crippen LogP contribution >= 0.6 is 23.1 Å². The number of nitrogens with zero attached hydrogens (tertiary/aromatic N) is 3. The lowest BCUT2D eigenvalue weighted by atomic mass is 10.2. The minimum absolute atomic E-state index is 0.191. The zero-order valence-corrected chi connectivity index (χ0v) is 20.0. The first kappa shape index (κ1) is 22.2. The van der Waals surface area contributed by atoms with Crippen LogP contribution in [0.2, 0.25) is 0 Å². The van der Waals surface area contributed by atoms with Crippen molar-refractivity contribution in [1.82, 2.24) is 14.5 Å². The topological polar surface area (TPSA) is 98.7 Å². The minimum Gasteiger partial charge on any atom is -0.494 e. The second-order valence-electron chi connectivity index (χ2n) is 7.45. The van der Waals surface area contributed by atoms with Crippen LogP contribution < -0.4 is 15.6 Å². The van der Waals surface area contributed by atoms with Gasteiger partial charge in [-0.15, -0.1) is 15.9 Å². The van der Waals surface area contributed by atoms with E-state index in [4.69, 9.17) is 9.26 Å². The molecule has 172 valence electrons. The zero-order valence-electron chi connectivity index (χ0n) is 18.4. The van der Waals surface area contributed by atoms with Crippen molar-refractivity contribution in [3.63, 3.8) is 0 Å². The first-order chi connectivity index (χ1) is 16.5. The van der Waals surface area contributed by atoms with Crippen LogP contribution in [0, 0.1) is 6.92 Å². The number of hydrogen-bond donors (Lipinski definition) is 1. The molecular weight excluding hydrogens is 472 g/mol. The van der Waals surface area contributed by atoms with Gasteiger partial charge in [-0.25, -0.2) is 9.97 Å². The van der Waals surface area contributed by atoms with Crippen LogP contribution in [-0.4, -0.2) is 27.1 Å². The number of thioether (sulfide) groups is 1. The predicted octanol–water partition coefficient (Wildman–Crippen LogP) is 5.15. The Labute approximate surface area is 202 Å². The number of aromatic nitrogens is 3. The molecule has 0 unspecified atom stereocenters. The number of benzene rings is 2. The fourth-order valence-corrected chi connectivity index (χ4v) is 5.40. The molecule has 5 rings (SSSR count). The van der Waals surface area contributed by atoms with Crippen LogP contribution in [0.25, 0.3) is 15.9 Å². The highest BCUT2D eigenvalue weighted by molar-refractivity contribution is 8.00. The third kappa shape index (κ3) is 4.68. The van der Waals surface area contributed by atoms with E-state index in [0.29, 0.717) is 40.7 Å². The average molecular weight is 493 g/mol. The number of nitrogens with one attached hydrogen (secondary N) is 1. The maximum Gasteiger partial charge on any atom is 0.287 e. The van der Waals surface area contributed by atoms with Crippen molar-refractivity contribution in [3.05, 3.63) is 82.0 Å². The number of anilines is 1. The monoisotopic (exact) mass is 492 g/mol. The van der Waals surface area contributed by atoms with Crippen molar-refractivity contribution in [1.29, 1.82) is 0 Å². The van der Waals surface area contributed by atoms with E-state index in [1.54, 1.807) is 37.3 Å². The quantitative estimate of drug-likeness (QED) is 0.314. The highest BCUT2D eigenvalue weighted by Crippen LogP contribution is 2.32. The predicted molar refractivity (Wildman–Crippen MR) is 133 cm³/mol. The van der Waals surface area contributed by atoms with Gasteiger partial charge in [0, 0.05) is 29.1 Å². The van der Waals surface area contributed by atoms with Crippen LogP contribution in [0.5, 0.6) is 5.75 Å². The summed E-state index contributed by atoms with van der Waals surface area (Å²) in [4.78, 5) is 33.9. The molecule has 0 atom stereocenters. The van der Waals surface area contributed by atoms with Crippen molar-refractivity contribution in [2.24, 2.45) is 0 Å². The first-order valence-electron chi connectivity index (χ1n) is 10.6. The van der Waals surface area contributed by atoms with E-state index in [0.717, 1.165) is 20.3 Å². The summed E-state index contributed by atoms with van der Waals surface area (Å²) in [5.74, 6) is 1.68. The molecule has 1 amide bonds. The van der Waals surface area contributed by atoms with Crippen molar-refractivity contribution in [3.8, 4) is 5.75 Å². The molecule has 2 aromatic carbocycles. The van der Waals surface area contributed by atoms with E-state index < -0.39 is 0 Å². The molecule has 0 aliphatic carbocycles. The summed E-state index contributed by atoms with van der Waals surface area (Å²) in [7, 11) is 0. The van der Waals surface area contributed by atoms with Gasteiger partial charge in [0.1, 0.15) is 11.5 Å². The van der Waals surface area contributed by atoms with Gasteiger partial charge in [-0.05, 0) is 56.3 Å². The molecule has 34 heavy (non-hydrogen) atoms. The van der Waals surface area contributed by atoms with Crippen LogP contribution in [0.15, 0.2) is 68.3 Å². The van der Waals surface area contributed by atoms with Gasteiger partial charge in [0.05, 0.1) is 22.5 Å². The Morgan fingerprint density at radius 2 is 1.97 bits per heavy atom. The van der Waals surface area contributed by atoms with Gasteiger partial charge in [0.25, 0.3) is 11.5 Å². The van der Waals surface area contributed by atoms with Gasteiger partial charge in [-0.2, -0.15) is 0 Å². The molecule has 0 saturated carbocycles. The fraction of sp³-hybridized carbons (Fsp3) is 0.167. The number of aryl methyl sites for hydroxylation is 1. The number of hydrogen-bond acceptors (Lipinski definition) is 8. The highest BCUT2D eigenvalue weighted by Gasteiger charge is 2.11.